The Balaban J connectivity index is 1.78. The molecule has 6 nitrogen and oxygen atoms in total. The molecule has 1 atom stereocenters. The maximum Gasteiger partial charge on any atom is 0.240 e. The van der Waals surface area contributed by atoms with Gasteiger partial charge in [0.2, 0.25) is 10.0 Å². The van der Waals surface area contributed by atoms with E-state index in [1.165, 1.54) is 0 Å². The minimum Gasteiger partial charge on any atom is -0.467 e. The number of hydrogen-bond donors (Lipinski definition) is 1. The highest BCUT2D eigenvalue weighted by Gasteiger charge is 2.21. The molecule has 1 unspecified atom stereocenters. The topological polar surface area (TPSA) is 77.1 Å². The van der Waals surface area contributed by atoms with Crippen molar-refractivity contribution >= 4 is 10.0 Å². The number of nitrogens with zero attached hydrogens (tertiary/aromatic N) is 2. The molecule has 1 aromatic carbocycles. The summed E-state index contributed by atoms with van der Waals surface area (Å²) in [4.78, 5) is 0.248. The van der Waals surface area contributed by atoms with E-state index in [4.69, 9.17) is 4.42 Å². The van der Waals surface area contributed by atoms with E-state index in [9.17, 15) is 8.42 Å². The molecule has 0 aliphatic rings. The Morgan fingerprint density at radius 3 is 2.58 bits per heavy atom. The lowest BCUT2D eigenvalue weighted by atomic mass is 10.2. The van der Waals surface area contributed by atoms with Crippen molar-refractivity contribution in [3.8, 4) is 0 Å². The van der Waals surface area contributed by atoms with Gasteiger partial charge in [0.25, 0.3) is 0 Å². The van der Waals surface area contributed by atoms with Crippen LogP contribution in [-0.4, -0.2) is 24.7 Å². The second-order valence-electron chi connectivity index (χ2n) is 5.37. The quantitative estimate of drug-likeness (QED) is 0.714. The van der Waals surface area contributed by atoms with Crippen molar-refractivity contribution in [2.24, 2.45) is 0 Å². The number of sulfonamides is 1. The maximum atomic E-state index is 12.5. The van der Waals surface area contributed by atoms with Crippen LogP contribution in [0.3, 0.4) is 0 Å². The van der Waals surface area contributed by atoms with Crippen LogP contribution in [0.4, 0.5) is 0 Å². The first-order chi connectivity index (χ1) is 11.6. The Kier molecular flexibility index (Phi) is 4.82. The Bertz CT molecular complexity index is 820. The van der Waals surface area contributed by atoms with Gasteiger partial charge < -0.3 is 4.42 Å². The summed E-state index contributed by atoms with van der Waals surface area (Å²) in [5, 5.41) is 4.19. The van der Waals surface area contributed by atoms with Crippen LogP contribution in [0.15, 0.2) is 70.4 Å². The van der Waals surface area contributed by atoms with Crippen molar-refractivity contribution in [2.45, 2.75) is 24.3 Å². The molecule has 0 bridgehead atoms. The van der Waals surface area contributed by atoms with E-state index in [0.29, 0.717) is 5.76 Å². The number of aromatic nitrogens is 2. The Labute approximate surface area is 141 Å². The van der Waals surface area contributed by atoms with Crippen LogP contribution in [0, 0.1) is 0 Å². The molecule has 0 radical (unpaired) electrons. The number of rotatable bonds is 7. The fourth-order valence-electron chi connectivity index (χ4n) is 2.45. The van der Waals surface area contributed by atoms with Crippen LogP contribution in [0.2, 0.25) is 0 Å². The molecule has 7 heteroatoms. The highest BCUT2D eigenvalue weighted by atomic mass is 32.2. The van der Waals surface area contributed by atoms with Crippen LogP contribution < -0.4 is 4.72 Å². The van der Waals surface area contributed by atoms with Gasteiger partial charge in [-0.05, 0) is 42.3 Å². The fourth-order valence-corrected chi connectivity index (χ4v) is 3.48. The molecular weight excluding hydrogens is 326 g/mol. The van der Waals surface area contributed by atoms with E-state index >= 15 is 0 Å². The smallest absolute Gasteiger partial charge is 0.240 e. The van der Waals surface area contributed by atoms with Gasteiger partial charge in [-0.15, -0.1) is 0 Å². The average Bonchev–Trinajstić information content (AvgIpc) is 3.29. The van der Waals surface area contributed by atoms with Gasteiger partial charge in [-0.2, -0.15) is 5.10 Å². The Hall–Kier alpha value is -2.38. The van der Waals surface area contributed by atoms with Crippen LogP contribution >= 0.6 is 0 Å². The lowest BCUT2D eigenvalue weighted by molar-refractivity contribution is 0.402. The Morgan fingerprint density at radius 2 is 2.00 bits per heavy atom. The van der Waals surface area contributed by atoms with Gasteiger partial charge >= 0.3 is 0 Å². The van der Waals surface area contributed by atoms with Crippen molar-refractivity contribution in [1.29, 1.82) is 0 Å². The van der Waals surface area contributed by atoms with Crippen LogP contribution in [0.5, 0.6) is 0 Å². The van der Waals surface area contributed by atoms with Gasteiger partial charge in [0.1, 0.15) is 11.8 Å². The summed E-state index contributed by atoms with van der Waals surface area (Å²) in [5.74, 6) is 0.641. The number of nitrogens with one attached hydrogen (secondary N) is 1. The zero-order valence-electron chi connectivity index (χ0n) is 13.3. The second kappa shape index (κ2) is 7.02. The summed E-state index contributed by atoms with van der Waals surface area (Å²) in [7, 11) is -3.60. The van der Waals surface area contributed by atoms with E-state index in [2.05, 4.69) is 9.82 Å². The summed E-state index contributed by atoms with van der Waals surface area (Å²) in [5.41, 5.74) is 1.10. The summed E-state index contributed by atoms with van der Waals surface area (Å²) >= 11 is 0. The Morgan fingerprint density at radius 1 is 1.21 bits per heavy atom. The average molecular weight is 345 g/mol. The zero-order chi connectivity index (χ0) is 17.0. The highest BCUT2D eigenvalue weighted by Crippen LogP contribution is 2.18. The minimum absolute atomic E-state index is 0.146. The number of furan rings is 1. The number of benzene rings is 1. The van der Waals surface area contributed by atoms with Gasteiger partial charge in [-0.3, -0.25) is 4.68 Å². The molecule has 3 aromatic rings. The van der Waals surface area contributed by atoms with Crippen molar-refractivity contribution in [3.63, 3.8) is 0 Å². The van der Waals surface area contributed by atoms with Crippen molar-refractivity contribution < 1.29 is 12.8 Å². The summed E-state index contributed by atoms with van der Waals surface area (Å²) < 4.78 is 34.7. The van der Waals surface area contributed by atoms with Gasteiger partial charge in [0.05, 0.1) is 11.2 Å². The minimum atomic E-state index is -3.60. The van der Waals surface area contributed by atoms with Gasteiger partial charge in [0.15, 0.2) is 0 Å². The predicted molar refractivity (Wildman–Crippen MR) is 90.1 cm³/mol. The monoisotopic (exact) mass is 345 g/mol. The number of aryl methyl sites for hydroxylation is 1. The molecule has 0 saturated heterocycles. The summed E-state index contributed by atoms with van der Waals surface area (Å²) in [6, 6.07) is 11.9. The van der Waals surface area contributed by atoms with Gasteiger partial charge in [-0.1, -0.05) is 19.1 Å². The van der Waals surface area contributed by atoms with Gasteiger partial charge in [-0.25, -0.2) is 13.1 Å². The molecule has 2 aromatic heterocycles. The van der Waals surface area contributed by atoms with Gasteiger partial charge in [0, 0.05) is 18.9 Å². The first-order valence-corrected chi connectivity index (χ1v) is 9.19. The van der Waals surface area contributed by atoms with E-state index in [1.807, 2.05) is 19.1 Å². The van der Waals surface area contributed by atoms with Crippen LogP contribution in [0.1, 0.15) is 24.3 Å². The molecule has 2 heterocycles. The van der Waals surface area contributed by atoms with E-state index in [-0.39, 0.29) is 17.5 Å². The fraction of sp³-hybridized carbons (Fsp3) is 0.235. The second-order valence-corrected chi connectivity index (χ2v) is 7.13. The third-order valence-corrected chi connectivity index (χ3v) is 5.26. The normalized spacial score (nSPS) is 13.0. The maximum absolute atomic E-state index is 12.5. The largest absolute Gasteiger partial charge is 0.467 e. The van der Waals surface area contributed by atoms with Crippen molar-refractivity contribution in [1.82, 2.24) is 14.5 Å². The lowest BCUT2D eigenvalue weighted by Crippen LogP contribution is -2.31. The first kappa shape index (κ1) is 16.5. The lowest BCUT2D eigenvalue weighted by Gasteiger charge is -2.16. The van der Waals surface area contributed by atoms with Crippen LogP contribution in [-0.2, 0) is 16.4 Å². The molecule has 3 rings (SSSR count). The molecule has 0 fully saturated rings. The SMILES string of the molecule is CCc1ccc(S(=O)(=O)NCC(c2ccco2)n2cccn2)cc1. The molecule has 0 amide bonds. The molecule has 24 heavy (non-hydrogen) atoms. The molecule has 1 N–H and O–H groups in total. The molecule has 126 valence electrons. The number of hydrogen-bond acceptors (Lipinski definition) is 4. The summed E-state index contributed by atoms with van der Waals surface area (Å²) in [6.07, 6.45) is 5.85. The highest BCUT2D eigenvalue weighted by molar-refractivity contribution is 7.89. The third kappa shape index (κ3) is 3.58. The van der Waals surface area contributed by atoms with E-state index in [0.717, 1.165) is 12.0 Å². The standard InChI is InChI=1S/C17H19N3O3S/c1-2-14-6-8-15(9-7-14)24(21,22)19-13-16(17-5-3-12-23-17)20-11-4-10-18-20/h3-12,16,19H,2,13H2,1H3. The molecule has 0 spiro atoms. The zero-order valence-corrected chi connectivity index (χ0v) is 14.1. The summed E-state index contributed by atoms with van der Waals surface area (Å²) in [6.45, 7) is 2.17. The molecule has 0 aliphatic heterocycles. The first-order valence-electron chi connectivity index (χ1n) is 7.71. The van der Waals surface area contributed by atoms with Crippen molar-refractivity contribution in [3.05, 3.63) is 72.4 Å². The van der Waals surface area contributed by atoms with Crippen LogP contribution in [0.25, 0.3) is 0 Å². The van der Waals surface area contributed by atoms with E-state index < -0.39 is 10.0 Å². The van der Waals surface area contributed by atoms with E-state index in [1.54, 1.807) is 53.7 Å². The van der Waals surface area contributed by atoms with Crippen molar-refractivity contribution in [2.75, 3.05) is 6.54 Å². The molecule has 0 saturated carbocycles. The predicted octanol–water partition coefficient (Wildman–Crippen LogP) is 2.61. The third-order valence-electron chi connectivity index (χ3n) is 3.82. The molecular formula is C17H19N3O3S. The molecule has 0 aliphatic carbocycles.